The van der Waals surface area contributed by atoms with Crippen molar-refractivity contribution in [1.29, 1.82) is 0 Å². The van der Waals surface area contributed by atoms with Crippen molar-refractivity contribution in [2.24, 2.45) is 0 Å². The first-order valence-electron chi connectivity index (χ1n) is 10.4. The number of halogens is 2. The molecule has 0 amide bonds. The Balaban J connectivity index is 1.45. The van der Waals surface area contributed by atoms with Crippen LogP contribution >= 0.6 is 23.2 Å². The van der Waals surface area contributed by atoms with E-state index < -0.39 is 10.1 Å². The predicted octanol–water partition coefficient (Wildman–Crippen LogP) is 8.25. The zero-order valence-corrected chi connectivity index (χ0v) is 20.2. The van der Waals surface area contributed by atoms with Gasteiger partial charge in [-0.05, 0) is 57.6 Å². The molecule has 0 radical (unpaired) electrons. The van der Waals surface area contributed by atoms with Crippen molar-refractivity contribution < 1.29 is 13.0 Å². The van der Waals surface area contributed by atoms with Crippen LogP contribution in [0.2, 0.25) is 10.0 Å². The van der Waals surface area contributed by atoms with E-state index in [1.165, 1.54) is 12.1 Å². The van der Waals surface area contributed by atoms with Gasteiger partial charge in [0.05, 0.1) is 5.02 Å². The van der Waals surface area contributed by atoms with Gasteiger partial charge >= 0.3 is 0 Å². The Labute approximate surface area is 209 Å². The summed E-state index contributed by atoms with van der Waals surface area (Å²) in [4.78, 5) is -0.307. The number of benzene rings is 4. The summed E-state index contributed by atoms with van der Waals surface area (Å²) in [6.45, 7) is 0. The van der Waals surface area contributed by atoms with E-state index in [9.17, 15) is 13.0 Å². The maximum absolute atomic E-state index is 11.4. The molecule has 0 heterocycles. The minimum atomic E-state index is -4.37. The van der Waals surface area contributed by atoms with Gasteiger partial charge in [-0.15, -0.1) is 0 Å². The summed E-state index contributed by atoms with van der Waals surface area (Å²) in [5.74, 6) is 0. The molecule has 6 heteroatoms. The van der Waals surface area contributed by atoms with Crippen LogP contribution in [-0.2, 0) is 10.1 Å². The van der Waals surface area contributed by atoms with Crippen LogP contribution in [-0.4, -0.2) is 13.0 Å². The highest BCUT2D eigenvalue weighted by Crippen LogP contribution is 2.25. The molecule has 0 atom stereocenters. The molecule has 34 heavy (non-hydrogen) atoms. The largest absolute Gasteiger partial charge is 0.296 e. The Morgan fingerprint density at radius 3 is 1.38 bits per heavy atom. The molecule has 0 saturated carbocycles. The van der Waals surface area contributed by atoms with Crippen LogP contribution in [0.4, 0.5) is 0 Å². The van der Waals surface area contributed by atoms with Crippen LogP contribution in [0.15, 0.2) is 95.9 Å². The minimum Gasteiger partial charge on any atom is -0.282 e. The Kier molecular flexibility index (Phi) is 7.35. The second-order valence-corrected chi connectivity index (χ2v) is 9.86. The SMILES string of the molecule is O=S(=O)(O)c1cc(/C=C/c2ccc(-c3ccc(/C=C/c4ccc(Cl)cc4)cc3)cc2)ccc1Cl. The molecule has 0 bridgehead atoms. The zero-order valence-electron chi connectivity index (χ0n) is 17.9. The lowest BCUT2D eigenvalue weighted by molar-refractivity contribution is 0.483. The maximum atomic E-state index is 11.4. The van der Waals surface area contributed by atoms with Crippen molar-refractivity contribution in [3.63, 3.8) is 0 Å². The Bertz CT molecular complexity index is 1450. The van der Waals surface area contributed by atoms with Crippen molar-refractivity contribution in [2.45, 2.75) is 4.90 Å². The third kappa shape index (κ3) is 6.25. The maximum Gasteiger partial charge on any atom is 0.296 e. The van der Waals surface area contributed by atoms with Gasteiger partial charge in [0.2, 0.25) is 0 Å². The summed E-state index contributed by atoms with van der Waals surface area (Å²) in [6.07, 6.45) is 7.74. The highest BCUT2D eigenvalue weighted by molar-refractivity contribution is 7.86. The van der Waals surface area contributed by atoms with Crippen molar-refractivity contribution in [1.82, 2.24) is 0 Å². The molecular formula is C28H20Cl2O3S. The van der Waals surface area contributed by atoms with Crippen molar-refractivity contribution in [2.75, 3.05) is 0 Å². The van der Waals surface area contributed by atoms with Gasteiger partial charge in [0.1, 0.15) is 4.90 Å². The summed E-state index contributed by atoms with van der Waals surface area (Å²) in [5, 5.41) is 0.703. The fourth-order valence-electron chi connectivity index (χ4n) is 3.35. The zero-order chi connectivity index (χ0) is 24.1. The Morgan fingerprint density at radius 2 is 0.941 bits per heavy atom. The van der Waals surface area contributed by atoms with E-state index in [0.29, 0.717) is 5.56 Å². The molecule has 0 spiro atoms. The molecule has 0 aliphatic carbocycles. The highest BCUT2D eigenvalue weighted by atomic mass is 35.5. The van der Waals surface area contributed by atoms with Crippen LogP contribution in [0.3, 0.4) is 0 Å². The van der Waals surface area contributed by atoms with Gasteiger partial charge in [-0.2, -0.15) is 8.42 Å². The van der Waals surface area contributed by atoms with E-state index >= 15 is 0 Å². The topological polar surface area (TPSA) is 54.4 Å². The summed E-state index contributed by atoms with van der Waals surface area (Å²) in [7, 11) is -4.37. The average molecular weight is 507 g/mol. The fourth-order valence-corrected chi connectivity index (χ4v) is 4.49. The van der Waals surface area contributed by atoms with E-state index in [1.54, 1.807) is 12.1 Å². The Morgan fingerprint density at radius 1 is 0.559 bits per heavy atom. The molecule has 0 unspecified atom stereocenters. The second kappa shape index (κ2) is 10.4. The molecule has 0 saturated heterocycles. The lowest BCUT2D eigenvalue weighted by atomic mass is 10.0. The van der Waals surface area contributed by atoms with Crippen molar-refractivity contribution in [3.8, 4) is 11.1 Å². The smallest absolute Gasteiger partial charge is 0.282 e. The molecule has 4 aromatic carbocycles. The fraction of sp³-hybridized carbons (Fsp3) is 0. The summed E-state index contributed by atoms with van der Waals surface area (Å²) in [5.41, 5.74) is 5.95. The highest BCUT2D eigenvalue weighted by Gasteiger charge is 2.14. The molecule has 1 N–H and O–H groups in total. The number of hydrogen-bond donors (Lipinski definition) is 1. The van der Waals surface area contributed by atoms with Crippen LogP contribution in [0.25, 0.3) is 35.4 Å². The lowest BCUT2D eigenvalue weighted by Gasteiger charge is -2.04. The normalized spacial score (nSPS) is 12.0. The van der Waals surface area contributed by atoms with Crippen LogP contribution in [0, 0.1) is 0 Å². The Hall–Kier alpha value is -3.15. The summed E-state index contributed by atoms with van der Waals surface area (Å²) in [6, 6.07) is 28.5. The third-order valence-corrected chi connectivity index (χ3v) is 6.78. The first kappa shape index (κ1) is 24.0. The molecular weight excluding hydrogens is 487 g/mol. The first-order valence-corrected chi connectivity index (χ1v) is 12.6. The average Bonchev–Trinajstić information content (AvgIpc) is 2.83. The van der Waals surface area contributed by atoms with Gasteiger partial charge in [0, 0.05) is 5.02 Å². The predicted molar refractivity (Wildman–Crippen MR) is 142 cm³/mol. The molecule has 0 aliphatic rings. The quantitative estimate of drug-likeness (QED) is 0.211. The van der Waals surface area contributed by atoms with Crippen LogP contribution < -0.4 is 0 Å². The van der Waals surface area contributed by atoms with Gasteiger partial charge in [-0.3, -0.25) is 4.55 Å². The van der Waals surface area contributed by atoms with Crippen molar-refractivity contribution in [3.05, 3.63) is 123 Å². The first-order chi connectivity index (χ1) is 16.3. The van der Waals surface area contributed by atoms with Crippen LogP contribution in [0.5, 0.6) is 0 Å². The molecule has 0 aliphatic heterocycles. The van der Waals surface area contributed by atoms with Gasteiger partial charge in [0.15, 0.2) is 0 Å². The third-order valence-electron chi connectivity index (χ3n) is 5.19. The molecule has 4 aromatic rings. The van der Waals surface area contributed by atoms with E-state index in [0.717, 1.165) is 32.8 Å². The number of rotatable bonds is 6. The van der Waals surface area contributed by atoms with E-state index in [-0.39, 0.29) is 9.92 Å². The van der Waals surface area contributed by atoms with E-state index in [2.05, 4.69) is 30.3 Å². The van der Waals surface area contributed by atoms with Crippen molar-refractivity contribution >= 4 is 57.6 Å². The molecule has 0 aromatic heterocycles. The molecule has 170 valence electrons. The molecule has 0 fully saturated rings. The monoisotopic (exact) mass is 506 g/mol. The summed E-state index contributed by atoms with van der Waals surface area (Å²) < 4.78 is 32.1. The minimum absolute atomic E-state index is 0.0181. The second-order valence-electron chi connectivity index (χ2n) is 7.63. The number of hydrogen-bond acceptors (Lipinski definition) is 2. The van der Waals surface area contributed by atoms with E-state index in [4.69, 9.17) is 23.2 Å². The molecule has 4 rings (SSSR count). The van der Waals surface area contributed by atoms with Gasteiger partial charge in [-0.25, -0.2) is 0 Å². The van der Waals surface area contributed by atoms with Gasteiger partial charge < -0.3 is 0 Å². The standard InChI is InChI=1S/C28H20Cl2O3S/c29-26-16-9-22(10-17-26)2-1-20-5-12-24(13-6-20)25-14-7-21(8-15-25)3-4-23-11-18-27(30)28(19-23)34(31,32)33/h1-19H,(H,31,32,33)/b2-1+,4-3+. The van der Waals surface area contributed by atoms with Gasteiger partial charge in [-0.1, -0.05) is 114 Å². The van der Waals surface area contributed by atoms with Crippen LogP contribution in [0.1, 0.15) is 22.3 Å². The lowest BCUT2D eigenvalue weighted by Crippen LogP contribution is -1.99. The van der Waals surface area contributed by atoms with E-state index in [1.807, 2.05) is 60.7 Å². The van der Waals surface area contributed by atoms with Gasteiger partial charge in [0.25, 0.3) is 10.1 Å². The molecule has 3 nitrogen and oxygen atoms in total. The summed E-state index contributed by atoms with van der Waals surface area (Å²) >= 11 is 11.8.